The van der Waals surface area contributed by atoms with Gasteiger partial charge in [0.1, 0.15) is 17.2 Å². The lowest BCUT2D eigenvalue weighted by atomic mass is 10.1. The standard InChI is InChI=1S/C63H61N5O7/c1-5-6-9-16-45-21-28-50(29-22-45)75-63(71)48-27-34-56(44(4)41-48)65-66-59-37-38-60(55-20-13-12-19-54(55)59)68-67-58-36-35-57(52-17-10-11-18-53(52)58)64-42-46-23-30-51(31-24-46)74-62(70)47-25-32-49(33-26-47)72-39-14-7-8-15-40-73-61(69)43(2)3/h10-13,17-38,41,64H,2,5-9,14-16,39-40,42H2,1,3-4H3. The summed E-state index contributed by atoms with van der Waals surface area (Å²) >= 11 is 0. The third kappa shape index (κ3) is 14.7. The van der Waals surface area contributed by atoms with Gasteiger partial charge in [0.15, 0.2) is 0 Å². The van der Waals surface area contributed by atoms with Crippen LogP contribution in [0.1, 0.15) is 96.2 Å². The molecule has 0 heterocycles. The monoisotopic (exact) mass is 999 g/mol. The Morgan fingerprint density at radius 2 is 1.00 bits per heavy atom. The Hall–Kier alpha value is -8.77. The molecule has 0 unspecified atom stereocenters. The van der Waals surface area contributed by atoms with Crippen molar-refractivity contribution in [2.75, 3.05) is 18.5 Å². The zero-order chi connectivity index (χ0) is 52.4. The van der Waals surface area contributed by atoms with Crippen LogP contribution in [0.4, 0.5) is 28.4 Å². The van der Waals surface area contributed by atoms with Gasteiger partial charge in [-0.15, -0.1) is 15.3 Å². The molecular formula is C63H61N5O7. The SMILES string of the molecule is C=C(C)C(=O)OCCCCCCOc1ccc(C(=O)Oc2ccc(CNc3ccc(N=Nc4ccc(N=Nc5ccc(C(=O)Oc6ccc(CCCCC)cc6)cc5C)c5ccccc45)c4ccccc34)cc2)cc1. The van der Waals surface area contributed by atoms with Crippen LogP contribution in [0.5, 0.6) is 17.2 Å². The molecule has 8 rings (SSSR count). The lowest BCUT2D eigenvalue weighted by Gasteiger charge is -2.12. The summed E-state index contributed by atoms with van der Waals surface area (Å²) in [7, 11) is 0. The predicted molar refractivity (Wildman–Crippen MR) is 297 cm³/mol. The van der Waals surface area contributed by atoms with Gasteiger partial charge in [-0.25, -0.2) is 14.4 Å². The minimum atomic E-state index is -0.457. The molecule has 0 fully saturated rings. The molecule has 12 heteroatoms. The normalized spacial score (nSPS) is 11.3. The molecule has 12 nitrogen and oxygen atoms in total. The zero-order valence-electron chi connectivity index (χ0n) is 42.7. The third-order valence-electron chi connectivity index (χ3n) is 12.5. The van der Waals surface area contributed by atoms with E-state index >= 15 is 0 Å². The van der Waals surface area contributed by atoms with Gasteiger partial charge >= 0.3 is 17.9 Å². The smallest absolute Gasteiger partial charge is 0.343 e. The van der Waals surface area contributed by atoms with Crippen molar-refractivity contribution in [2.45, 2.75) is 78.7 Å². The number of nitrogens with one attached hydrogen (secondary N) is 1. The van der Waals surface area contributed by atoms with Crippen LogP contribution in [-0.4, -0.2) is 31.1 Å². The minimum absolute atomic E-state index is 0.353. The topological polar surface area (TPSA) is 150 Å². The highest BCUT2D eigenvalue weighted by molar-refractivity contribution is 6.02. The summed E-state index contributed by atoms with van der Waals surface area (Å²) < 4.78 is 22.3. The molecule has 0 saturated carbocycles. The summed E-state index contributed by atoms with van der Waals surface area (Å²) in [6, 6.07) is 51.0. The number of esters is 3. The van der Waals surface area contributed by atoms with Gasteiger partial charge < -0.3 is 24.3 Å². The molecule has 0 aliphatic carbocycles. The van der Waals surface area contributed by atoms with Gasteiger partial charge in [0.05, 0.1) is 47.1 Å². The minimum Gasteiger partial charge on any atom is -0.494 e. The highest BCUT2D eigenvalue weighted by atomic mass is 16.5. The van der Waals surface area contributed by atoms with Crippen molar-refractivity contribution < 1.29 is 33.3 Å². The Morgan fingerprint density at radius 1 is 0.507 bits per heavy atom. The first kappa shape index (κ1) is 52.5. The van der Waals surface area contributed by atoms with Crippen LogP contribution >= 0.6 is 0 Å². The predicted octanol–water partition coefficient (Wildman–Crippen LogP) is 17.0. The molecule has 0 atom stereocenters. The fraction of sp³-hybridized carbons (Fsp3) is 0.222. The molecule has 0 amide bonds. The summed E-state index contributed by atoms with van der Waals surface area (Å²) in [6.45, 7) is 10.8. The van der Waals surface area contributed by atoms with E-state index < -0.39 is 11.9 Å². The van der Waals surface area contributed by atoms with Crippen LogP contribution in [-0.2, 0) is 22.5 Å². The number of fused-ring (bicyclic) bond motifs is 2. The number of benzene rings is 8. The van der Waals surface area contributed by atoms with E-state index in [9.17, 15) is 14.4 Å². The molecule has 380 valence electrons. The maximum Gasteiger partial charge on any atom is 0.343 e. The van der Waals surface area contributed by atoms with Gasteiger partial charge in [0, 0.05) is 39.4 Å². The van der Waals surface area contributed by atoms with Crippen molar-refractivity contribution in [3.63, 3.8) is 0 Å². The quantitative estimate of drug-likeness (QED) is 0.0207. The van der Waals surface area contributed by atoms with Crippen molar-refractivity contribution in [1.82, 2.24) is 0 Å². The Kier molecular flexibility index (Phi) is 18.4. The average molecular weight is 1000 g/mol. The van der Waals surface area contributed by atoms with E-state index in [0.29, 0.717) is 70.8 Å². The van der Waals surface area contributed by atoms with Crippen LogP contribution in [0, 0.1) is 6.92 Å². The number of aryl methyl sites for hydroxylation is 2. The average Bonchev–Trinajstić information content (AvgIpc) is 3.43. The van der Waals surface area contributed by atoms with E-state index in [1.807, 2.05) is 110 Å². The molecule has 0 bridgehead atoms. The molecular weight excluding hydrogens is 939 g/mol. The van der Waals surface area contributed by atoms with E-state index in [1.165, 1.54) is 18.4 Å². The van der Waals surface area contributed by atoms with Crippen LogP contribution < -0.4 is 19.5 Å². The molecule has 0 aliphatic heterocycles. The molecule has 0 aromatic heterocycles. The maximum absolute atomic E-state index is 13.0. The summed E-state index contributed by atoms with van der Waals surface area (Å²) in [4.78, 5) is 37.4. The first-order chi connectivity index (χ1) is 36.6. The molecule has 75 heavy (non-hydrogen) atoms. The van der Waals surface area contributed by atoms with Gasteiger partial charge in [0.2, 0.25) is 0 Å². The molecule has 8 aromatic carbocycles. The fourth-order valence-electron chi connectivity index (χ4n) is 8.31. The summed E-state index contributed by atoms with van der Waals surface area (Å²) in [6.07, 6.45) is 8.09. The van der Waals surface area contributed by atoms with Gasteiger partial charge in [-0.1, -0.05) is 99.1 Å². The molecule has 1 N–H and O–H groups in total. The number of carbonyl (C=O) groups is 3. The highest BCUT2D eigenvalue weighted by Crippen LogP contribution is 2.38. The number of azo groups is 2. The number of anilines is 1. The van der Waals surface area contributed by atoms with Crippen molar-refractivity contribution in [1.29, 1.82) is 0 Å². The summed E-state index contributed by atoms with van der Waals surface area (Å²) in [5, 5.41) is 26.0. The van der Waals surface area contributed by atoms with E-state index in [0.717, 1.165) is 82.6 Å². The molecule has 0 spiro atoms. The number of rotatable bonds is 24. The summed E-state index contributed by atoms with van der Waals surface area (Å²) in [5.74, 6) is 0.397. The Bertz CT molecular complexity index is 3330. The van der Waals surface area contributed by atoms with Crippen molar-refractivity contribution in [3.05, 3.63) is 204 Å². The van der Waals surface area contributed by atoms with Gasteiger partial charge in [0.25, 0.3) is 0 Å². The van der Waals surface area contributed by atoms with Gasteiger partial charge in [-0.3, -0.25) is 0 Å². The van der Waals surface area contributed by atoms with E-state index in [2.05, 4.69) is 35.1 Å². The van der Waals surface area contributed by atoms with Gasteiger partial charge in [-0.05, 0) is 160 Å². The number of carbonyl (C=O) groups excluding carboxylic acids is 3. The Labute approximate surface area is 438 Å². The number of hydrogen-bond acceptors (Lipinski definition) is 12. The molecule has 0 saturated heterocycles. The second kappa shape index (κ2) is 26.3. The zero-order valence-corrected chi connectivity index (χ0v) is 42.7. The number of nitrogens with zero attached hydrogens (tertiary/aromatic N) is 4. The van der Waals surface area contributed by atoms with E-state index in [1.54, 1.807) is 61.5 Å². The second-order valence-electron chi connectivity index (χ2n) is 18.3. The number of hydrogen-bond donors (Lipinski definition) is 1. The van der Waals surface area contributed by atoms with Crippen LogP contribution in [0.15, 0.2) is 196 Å². The van der Waals surface area contributed by atoms with Crippen molar-refractivity contribution in [3.8, 4) is 17.2 Å². The fourth-order valence-corrected chi connectivity index (χ4v) is 8.31. The lowest BCUT2D eigenvalue weighted by molar-refractivity contribution is -0.139. The summed E-state index contributed by atoms with van der Waals surface area (Å²) in [5.41, 5.74) is 7.96. The second-order valence-corrected chi connectivity index (χ2v) is 18.3. The number of ether oxygens (including phenoxy) is 4. The van der Waals surface area contributed by atoms with Crippen LogP contribution in [0.25, 0.3) is 21.5 Å². The molecule has 0 radical (unpaired) electrons. The van der Waals surface area contributed by atoms with Crippen LogP contribution in [0.3, 0.4) is 0 Å². The highest BCUT2D eigenvalue weighted by Gasteiger charge is 2.14. The van der Waals surface area contributed by atoms with Crippen molar-refractivity contribution in [2.24, 2.45) is 20.5 Å². The largest absolute Gasteiger partial charge is 0.494 e. The van der Waals surface area contributed by atoms with E-state index in [-0.39, 0.29) is 5.97 Å². The van der Waals surface area contributed by atoms with E-state index in [4.69, 9.17) is 29.2 Å². The van der Waals surface area contributed by atoms with Crippen molar-refractivity contribution >= 4 is 67.9 Å². The first-order valence-corrected chi connectivity index (χ1v) is 25.5. The molecule has 0 aliphatic rings. The van der Waals surface area contributed by atoms with Crippen LogP contribution in [0.2, 0.25) is 0 Å². The Balaban J connectivity index is 0.836. The Morgan fingerprint density at radius 3 is 1.59 bits per heavy atom. The molecule has 8 aromatic rings. The first-order valence-electron chi connectivity index (χ1n) is 25.5. The maximum atomic E-state index is 13.0. The third-order valence-corrected chi connectivity index (χ3v) is 12.5. The van der Waals surface area contributed by atoms with Gasteiger partial charge in [-0.2, -0.15) is 5.11 Å². The number of unbranched alkanes of at least 4 members (excludes halogenated alkanes) is 5. The lowest BCUT2D eigenvalue weighted by Crippen LogP contribution is -2.08.